The molecular weight excluding hydrogens is 210 g/mol. The van der Waals surface area contributed by atoms with Gasteiger partial charge in [0.15, 0.2) is 0 Å². The molecule has 0 fully saturated rings. The Morgan fingerprint density at radius 2 is 2.20 bits per heavy atom. The van der Waals surface area contributed by atoms with Gasteiger partial charge in [0, 0.05) is 23.2 Å². The van der Waals surface area contributed by atoms with Crippen LogP contribution in [0.1, 0.15) is 31.0 Å². The molecule has 1 aliphatic carbocycles. The van der Waals surface area contributed by atoms with Crippen molar-refractivity contribution in [3.8, 4) is 0 Å². The number of hydrogen-bond acceptors (Lipinski definition) is 3. The van der Waals surface area contributed by atoms with Gasteiger partial charge in [0.1, 0.15) is 12.1 Å². The fourth-order valence-electron chi connectivity index (χ4n) is 1.92. The number of anilines is 1. The van der Waals surface area contributed by atoms with Gasteiger partial charge in [-0.1, -0.05) is 0 Å². The predicted molar refractivity (Wildman–Crippen MR) is 62.5 cm³/mol. The molecule has 4 heteroatoms. The van der Waals surface area contributed by atoms with Gasteiger partial charge in [-0.05, 0) is 32.6 Å². The van der Waals surface area contributed by atoms with E-state index in [1.54, 1.807) is 6.33 Å². The van der Waals surface area contributed by atoms with Crippen molar-refractivity contribution in [2.45, 2.75) is 38.6 Å². The second-order valence-corrected chi connectivity index (χ2v) is 4.36. The number of nitrogens with one attached hydrogen (secondary N) is 1. The van der Waals surface area contributed by atoms with Crippen molar-refractivity contribution >= 4 is 17.4 Å². The molecule has 0 aromatic carbocycles. The molecule has 1 N–H and O–H groups in total. The summed E-state index contributed by atoms with van der Waals surface area (Å²) < 4.78 is 0. The van der Waals surface area contributed by atoms with Crippen LogP contribution in [0.3, 0.4) is 0 Å². The molecule has 0 amide bonds. The van der Waals surface area contributed by atoms with Gasteiger partial charge >= 0.3 is 0 Å². The highest BCUT2D eigenvalue weighted by molar-refractivity contribution is 6.18. The average Bonchev–Trinajstić information content (AvgIpc) is 2.29. The molecule has 0 aliphatic heterocycles. The SMILES string of the molecule is CC(CCl)Nc1ncnc2c1CCCC2. The van der Waals surface area contributed by atoms with E-state index < -0.39 is 0 Å². The molecule has 0 spiro atoms. The summed E-state index contributed by atoms with van der Waals surface area (Å²) in [6.45, 7) is 2.06. The van der Waals surface area contributed by atoms with Gasteiger partial charge in [-0.15, -0.1) is 11.6 Å². The molecule has 3 nitrogen and oxygen atoms in total. The smallest absolute Gasteiger partial charge is 0.133 e. The molecule has 82 valence electrons. The number of rotatable bonds is 3. The fraction of sp³-hybridized carbons (Fsp3) is 0.636. The first-order valence-electron chi connectivity index (χ1n) is 5.46. The van der Waals surface area contributed by atoms with Crippen LogP contribution in [0.4, 0.5) is 5.82 Å². The Labute approximate surface area is 95.3 Å². The first-order chi connectivity index (χ1) is 7.31. The number of halogens is 1. The van der Waals surface area contributed by atoms with Crippen LogP contribution in [0.15, 0.2) is 6.33 Å². The van der Waals surface area contributed by atoms with E-state index in [1.807, 2.05) is 0 Å². The molecule has 0 bridgehead atoms. The van der Waals surface area contributed by atoms with Crippen LogP contribution in [-0.2, 0) is 12.8 Å². The quantitative estimate of drug-likeness (QED) is 0.803. The maximum atomic E-state index is 5.78. The lowest BCUT2D eigenvalue weighted by Crippen LogP contribution is -2.20. The summed E-state index contributed by atoms with van der Waals surface area (Å²) in [6.07, 6.45) is 6.31. The molecule has 2 rings (SSSR count). The van der Waals surface area contributed by atoms with Crippen LogP contribution in [0.2, 0.25) is 0 Å². The minimum absolute atomic E-state index is 0.257. The molecule has 1 unspecified atom stereocenters. The van der Waals surface area contributed by atoms with E-state index in [-0.39, 0.29) is 6.04 Å². The number of nitrogens with zero attached hydrogens (tertiary/aromatic N) is 2. The normalized spacial score (nSPS) is 16.9. The van der Waals surface area contributed by atoms with Crippen LogP contribution in [0, 0.1) is 0 Å². The Morgan fingerprint density at radius 1 is 1.40 bits per heavy atom. The van der Waals surface area contributed by atoms with Crippen molar-refractivity contribution in [3.05, 3.63) is 17.6 Å². The Kier molecular flexibility index (Phi) is 3.41. The molecule has 1 aromatic rings. The zero-order chi connectivity index (χ0) is 10.7. The monoisotopic (exact) mass is 225 g/mol. The van der Waals surface area contributed by atoms with E-state index in [1.165, 1.54) is 24.1 Å². The van der Waals surface area contributed by atoms with Crippen molar-refractivity contribution in [2.75, 3.05) is 11.2 Å². The third-order valence-corrected chi connectivity index (χ3v) is 3.20. The molecule has 1 aromatic heterocycles. The van der Waals surface area contributed by atoms with E-state index in [0.29, 0.717) is 5.88 Å². The largest absolute Gasteiger partial charge is 0.366 e. The second kappa shape index (κ2) is 4.79. The standard InChI is InChI=1S/C11H16ClN3/c1-8(6-12)15-11-9-4-2-3-5-10(9)13-7-14-11/h7-8H,2-6H2,1H3,(H,13,14,15). The lowest BCUT2D eigenvalue weighted by molar-refractivity contribution is 0.662. The lowest BCUT2D eigenvalue weighted by Gasteiger charge is -2.19. The number of hydrogen-bond donors (Lipinski definition) is 1. The second-order valence-electron chi connectivity index (χ2n) is 4.05. The lowest BCUT2D eigenvalue weighted by atomic mass is 9.96. The van der Waals surface area contributed by atoms with Crippen molar-refractivity contribution in [2.24, 2.45) is 0 Å². The minimum atomic E-state index is 0.257. The predicted octanol–water partition coefficient (Wildman–Crippen LogP) is 2.39. The van der Waals surface area contributed by atoms with Gasteiger partial charge in [0.05, 0.1) is 0 Å². The zero-order valence-corrected chi connectivity index (χ0v) is 9.72. The molecule has 0 radical (unpaired) electrons. The average molecular weight is 226 g/mol. The van der Waals surface area contributed by atoms with Gasteiger partial charge in [0.25, 0.3) is 0 Å². The highest BCUT2D eigenvalue weighted by atomic mass is 35.5. The molecular formula is C11H16ClN3. The maximum absolute atomic E-state index is 5.78. The molecule has 1 aliphatic rings. The fourth-order valence-corrected chi connectivity index (χ4v) is 1.99. The Bertz CT molecular complexity index is 341. The molecule has 0 saturated carbocycles. The van der Waals surface area contributed by atoms with Crippen molar-refractivity contribution < 1.29 is 0 Å². The third-order valence-electron chi connectivity index (χ3n) is 2.74. The first-order valence-corrected chi connectivity index (χ1v) is 6.00. The molecule has 1 heterocycles. The summed E-state index contributed by atoms with van der Waals surface area (Å²) in [5.41, 5.74) is 2.50. The topological polar surface area (TPSA) is 37.8 Å². The van der Waals surface area contributed by atoms with Crippen molar-refractivity contribution in [3.63, 3.8) is 0 Å². The Morgan fingerprint density at radius 3 is 3.00 bits per heavy atom. The Hall–Kier alpha value is -0.830. The van der Waals surface area contributed by atoms with E-state index >= 15 is 0 Å². The van der Waals surface area contributed by atoms with E-state index in [4.69, 9.17) is 11.6 Å². The minimum Gasteiger partial charge on any atom is -0.366 e. The number of aromatic nitrogens is 2. The van der Waals surface area contributed by atoms with Crippen LogP contribution in [0.5, 0.6) is 0 Å². The first kappa shape index (κ1) is 10.7. The van der Waals surface area contributed by atoms with Crippen molar-refractivity contribution in [1.29, 1.82) is 0 Å². The number of alkyl halides is 1. The van der Waals surface area contributed by atoms with Crippen LogP contribution < -0.4 is 5.32 Å². The van der Waals surface area contributed by atoms with Crippen molar-refractivity contribution in [1.82, 2.24) is 9.97 Å². The van der Waals surface area contributed by atoms with Gasteiger partial charge < -0.3 is 5.32 Å². The highest BCUT2D eigenvalue weighted by Crippen LogP contribution is 2.24. The van der Waals surface area contributed by atoms with E-state index in [9.17, 15) is 0 Å². The number of fused-ring (bicyclic) bond motifs is 1. The van der Waals surface area contributed by atoms with E-state index in [2.05, 4.69) is 22.2 Å². The van der Waals surface area contributed by atoms with Gasteiger partial charge in [-0.25, -0.2) is 9.97 Å². The number of aryl methyl sites for hydroxylation is 1. The summed E-state index contributed by atoms with van der Waals surface area (Å²) in [5, 5.41) is 3.34. The van der Waals surface area contributed by atoms with Crippen LogP contribution >= 0.6 is 11.6 Å². The highest BCUT2D eigenvalue weighted by Gasteiger charge is 2.15. The van der Waals surface area contributed by atoms with Gasteiger partial charge in [-0.2, -0.15) is 0 Å². The molecule has 15 heavy (non-hydrogen) atoms. The Balaban J connectivity index is 2.23. The van der Waals surface area contributed by atoms with E-state index in [0.717, 1.165) is 18.7 Å². The molecule has 0 saturated heterocycles. The third kappa shape index (κ3) is 2.40. The molecule has 1 atom stereocenters. The maximum Gasteiger partial charge on any atom is 0.133 e. The van der Waals surface area contributed by atoms with Gasteiger partial charge in [0.2, 0.25) is 0 Å². The summed E-state index contributed by atoms with van der Waals surface area (Å²) in [6, 6.07) is 0.257. The van der Waals surface area contributed by atoms with Crippen LogP contribution in [-0.4, -0.2) is 21.9 Å². The summed E-state index contributed by atoms with van der Waals surface area (Å²) in [4.78, 5) is 8.63. The summed E-state index contributed by atoms with van der Waals surface area (Å²) >= 11 is 5.78. The van der Waals surface area contributed by atoms with Gasteiger partial charge in [-0.3, -0.25) is 0 Å². The van der Waals surface area contributed by atoms with Crippen LogP contribution in [0.25, 0.3) is 0 Å². The summed E-state index contributed by atoms with van der Waals surface area (Å²) in [7, 11) is 0. The summed E-state index contributed by atoms with van der Waals surface area (Å²) in [5.74, 6) is 1.58. The zero-order valence-electron chi connectivity index (χ0n) is 8.96.